The van der Waals surface area contributed by atoms with Gasteiger partial charge in [-0.05, 0) is 19.1 Å². The summed E-state index contributed by atoms with van der Waals surface area (Å²) in [6.07, 6.45) is 3.70. The van der Waals surface area contributed by atoms with E-state index in [0.717, 1.165) is 12.8 Å². The highest BCUT2D eigenvalue weighted by molar-refractivity contribution is 7.99. The molecule has 0 unspecified atom stereocenters. The fraction of sp³-hybridized carbons (Fsp3) is 0.889. The number of hydrogen-bond donors (Lipinski definition) is 2. The fourth-order valence-electron chi connectivity index (χ4n) is 1.23. The van der Waals surface area contributed by atoms with E-state index in [9.17, 15) is 4.79 Å². The SMILES string of the molecule is CCC(CC)(CN)NC(=O)CSC. The maximum Gasteiger partial charge on any atom is 0.230 e. The lowest BCUT2D eigenvalue weighted by molar-refractivity contribution is -0.120. The molecule has 78 valence electrons. The molecule has 1 amide bonds. The molecule has 0 bridgehead atoms. The lowest BCUT2D eigenvalue weighted by Crippen LogP contribution is -2.53. The van der Waals surface area contributed by atoms with Crippen molar-refractivity contribution < 1.29 is 4.79 Å². The molecule has 0 saturated carbocycles. The summed E-state index contributed by atoms with van der Waals surface area (Å²) in [5.41, 5.74) is 5.46. The molecule has 0 spiro atoms. The Hall–Kier alpha value is -0.220. The maximum absolute atomic E-state index is 11.3. The molecular formula is C9H20N2OS. The largest absolute Gasteiger partial charge is 0.349 e. The molecule has 0 aromatic rings. The molecule has 13 heavy (non-hydrogen) atoms. The molecule has 0 aromatic carbocycles. The van der Waals surface area contributed by atoms with Gasteiger partial charge in [-0.15, -0.1) is 0 Å². The average Bonchev–Trinajstić information content (AvgIpc) is 2.15. The lowest BCUT2D eigenvalue weighted by atomic mass is 9.93. The van der Waals surface area contributed by atoms with Gasteiger partial charge in [-0.1, -0.05) is 13.8 Å². The van der Waals surface area contributed by atoms with Crippen molar-refractivity contribution >= 4 is 17.7 Å². The van der Waals surface area contributed by atoms with Gasteiger partial charge >= 0.3 is 0 Å². The topological polar surface area (TPSA) is 55.1 Å². The first kappa shape index (κ1) is 12.8. The molecule has 0 aliphatic heterocycles. The molecule has 3 nitrogen and oxygen atoms in total. The van der Waals surface area contributed by atoms with Crippen LogP contribution >= 0.6 is 11.8 Å². The number of hydrogen-bond acceptors (Lipinski definition) is 3. The number of carbonyl (C=O) groups excluding carboxylic acids is 1. The van der Waals surface area contributed by atoms with Gasteiger partial charge in [0, 0.05) is 6.54 Å². The highest BCUT2D eigenvalue weighted by Gasteiger charge is 2.25. The third-order valence-electron chi connectivity index (χ3n) is 2.42. The molecular weight excluding hydrogens is 184 g/mol. The third kappa shape index (κ3) is 4.00. The summed E-state index contributed by atoms with van der Waals surface area (Å²) in [5.74, 6) is 0.600. The van der Waals surface area contributed by atoms with Gasteiger partial charge in [-0.25, -0.2) is 0 Å². The van der Waals surface area contributed by atoms with Gasteiger partial charge in [0.15, 0.2) is 0 Å². The average molecular weight is 204 g/mol. The Labute approximate surface area is 84.8 Å². The zero-order valence-electron chi connectivity index (χ0n) is 8.72. The summed E-state index contributed by atoms with van der Waals surface area (Å²) < 4.78 is 0. The van der Waals surface area contributed by atoms with E-state index in [0.29, 0.717) is 12.3 Å². The van der Waals surface area contributed by atoms with Crippen molar-refractivity contribution in [2.24, 2.45) is 5.73 Å². The normalized spacial score (nSPS) is 11.4. The van der Waals surface area contributed by atoms with E-state index >= 15 is 0 Å². The molecule has 0 radical (unpaired) electrons. The van der Waals surface area contributed by atoms with Crippen LogP contribution in [0.15, 0.2) is 0 Å². The molecule has 0 aliphatic carbocycles. The van der Waals surface area contributed by atoms with Crippen LogP contribution in [0.4, 0.5) is 0 Å². The summed E-state index contributed by atoms with van der Waals surface area (Å²) in [7, 11) is 0. The summed E-state index contributed by atoms with van der Waals surface area (Å²) in [6.45, 7) is 4.62. The van der Waals surface area contributed by atoms with Gasteiger partial charge in [0.25, 0.3) is 0 Å². The van der Waals surface area contributed by atoms with Crippen molar-refractivity contribution in [3.63, 3.8) is 0 Å². The Morgan fingerprint density at radius 2 is 2.00 bits per heavy atom. The number of amides is 1. The Morgan fingerprint density at radius 3 is 2.31 bits per heavy atom. The van der Waals surface area contributed by atoms with Crippen LogP contribution in [-0.2, 0) is 4.79 Å². The van der Waals surface area contributed by atoms with Gasteiger partial charge in [0.2, 0.25) is 5.91 Å². The predicted octanol–water partition coefficient (Wildman–Crippen LogP) is 0.983. The summed E-state index contributed by atoms with van der Waals surface area (Å²) >= 11 is 1.53. The first-order valence-electron chi connectivity index (χ1n) is 4.64. The predicted molar refractivity (Wildman–Crippen MR) is 58.9 cm³/mol. The molecule has 0 heterocycles. The Kier molecular flexibility index (Phi) is 6.16. The van der Waals surface area contributed by atoms with Crippen LogP contribution in [0.2, 0.25) is 0 Å². The Bertz CT molecular complexity index is 149. The van der Waals surface area contributed by atoms with E-state index in [-0.39, 0.29) is 11.4 Å². The highest BCUT2D eigenvalue weighted by Crippen LogP contribution is 2.13. The quantitative estimate of drug-likeness (QED) is 0.678. The van der Waals surface area contributed by atoms with Crippen molar-refractivity contribution in [3.05, 3.63) is 0 Å². The fourth-order valence-corrected chi connectivity index (χ4v) is 1.56. The van der Waals surface area contributed by atoms with E-state index in [1.165, 1.54) is 11.8 Å². The minimum atomic E-state index is -0.188. The Morgan fingerprint density at radius 1 is 1.46 bits per heavy atom. The maximum atomic E-state index is 11.3. The van der Waals surface area contributed by atoms with E-state index in [4.69, 9.17) is 5.73 Å². The highest BCUT2D eigenvalue weighted by atomic mass is 32.2. The smallest absolute Gasteiger partial charge is 0.230 e. The zero-order valence-corrected chi connectivity index (χ0v) is 9.54. The van der Waals surface area contributed by atoms with E-state index in [1.807, 2.05) is 6.26 Å². The van der Waals surface area contributed by atoms with E-state index in [1.54, 1.807) is 0 Å². The number of thioether (sulfide) groups is 1. The number of nitrogens with one attached hydrogen (secondary N) is 1. The van der Waals surface area contributed by atoms with Gasteiger partial charge in [0.05, 0.1) is 11.3 Å². The molecule has 3 N–H and O–H groups in total. The molecule has 0 atom stereocenters. The number of carbonyl (C=O) groups is 1. The van der Waals surface area contributed by atoms with Crippen LogP contribution in [0.5, 0.6) is 0 Å². The Balaban J connectivity index is 4.16. The first-order valence-corrected chi connectivity index (χ1v) is 6.03. The molecule has 0 aliphatic rings. The van der Waals surface area contributed by atoms with Gasteiger partial charge < -0.3 is 11.1 Å². The van der Waals surface area contributed by atoms with Crippen molar-refractivity contribution in [2.45, 2.75) is 32.2 Å². The zero-order chi connectivity index (χ0) is 10.3. The second kappa shape index (κ2) is 6.27. The lowest BCUT2D eigenvalue weighted by Gasteiger charge is -2.31. The molecule has 0 aromatic heterocycles. The van der Waals surface area contributed by atoms with Crippen molar-refractivity contribution in [1.82, 2.24) is 5.32 Å². The minimum Gasteiger partial charge on any atom is -0.349 e. The standard InChI is InChI=1S/C9H20N2OS/c1-4-9(5-2,7-10)11-8(12)6-13-3/h4-7,10H2,1-3H3,(H,11,12). The number of nitrogens with two attached hydrogens (primary N) is 1. The van der Waals surface area contributed by atoms with Crippen LogP contribution in [0.3, 0.4) is 0 Å². The van der Waals surface area contributed by atoms with Crippen LogP contribution in [0, 0.1) is 0 Å². The van der Waals surface area contributed by atoms with Crippen LogP contribution < -0.4 is 11.1 Å². The van der Waals surface area contributed by atoms with Crippen molar-refractivity contribution in [1.29, 1.82) is 0 Å². The monoisotopic (exact) mass is 204 g/mol. The summed E-state index contributed by atoms with van der Waals surface area (Å²) in [6, 6.07) is 0. The minimum absolute atomic E-state index is 0.0849. The van der Waals surface area contributed by atoms with Crippen molar-refractivity contribution in [2.75, 3.05) is 18.6 Å². The molecule has 0 fully saturated rings. The summed E-state index contributed by atoms with van der Waals surface area (Å²) in [5, 5.41) is 3.00. The third-order valence-corrected chi connectivity index (χ3v) is 2.98. The molecule has 0 rings (SSSR count). The van der Waals surface area contributed by atoms with Crippen LogP contribution in [-0.4, -0.2) is 30.0 Å². The van der Waals surface area contributed by atoms with Gasteiger partial charge in [-0.3, -0.25) is 4.79 Å². The van der Waals surface area contributed by atoms with Gasteiger partial charge in [-0.2, -0.15) is 11.8 Å². The second-order valence-electron chi connectivity index (χ2n) is 3.17. The molecule has 4 heteroatoms. The van der Waals surface area contributed by atoms with Gasteiger partial charge in [0.1, 0.15) is 0 Å². The summed E-state index contributed by atoms with van der Waals surface area (Å²) in [4.78, 5) is 11.3. The van der Waals surface area contributed by atoms with Crippen molar-refractivity contribution in [3.8, 4) is 0 Å². The van der Waals surface area contributed by atoms with Crippen LogP contribution in [0.1, 0.15) is 26.7 Å². The van der Waals surface area contributed by atoms with E-state index in [2.05, 4.69) is 19.2 Å². The molecule has 0 saturated heterocycles. The second-order valence-corrected chi connectivity index (χ2v) is 4.04. The first-order chi connectivity index (χ1) is 6.14. The van der Waals surface area contributed by atoms with E-state index < -0.39 is 0 Å². The van der Waals surface area contributed by atoms with Crippen LogP contribution in [0.25, 0.3) is 0 Å². The number of rotatable bonds is 6.